The normalized spacial score (nSPS) is 12.5. The zero-order valence-corrected chi connectivity index (χ0v) is 30.9. The molecule has 0 spiro atoms. The van der Waals surface area contributed by atoms with E-state index in [1.807, 2.05) is 36.4 Å². The van der Waals surface area contributed by atoms with Crippen LogP contribution in [0.4, 0.5) is 13.2 Å². The first kappa shape index (κ1) is 42.5. The van der Waals surface area contributed by atoms with E-state index < -0.39 is 12.1 Å². The summed E-state index contributed by atoms with van der Waals surface area (Å²) in [6, 6.07) is 34.2. The summed E-state index contributed by atoms with van der Waals surface area (Å²) in [6.45, 7) is 7.77. The number of amides is 1. The number of hydrogen-bond acceptors (Lipinski definition) is 5. The van der Waals surface area contributed by atoms with Gasteiger partial charge in [0.2, 0.25) is 5.91 Å². The Labute approximate surface area is 314 Å². The molecule has 4 aromatic carbocycles. The summed E-state index contributed by atoms with van der Waals surface area (Å²) in [4.78, 5) is 22.9. The monoisotopic (exact) mass is 758 g/mol. The van der Waals surface area contributed by atoms with E-state index >= 15 is 0 Å². The van der Waals surface area contributed by atoms with Gasteiger partial charge < -0.3 is 21.5 Å². The maximum atomic E-state index is 11.9. The summed E-state index contributed by atoms with van der Waals surface area (Å²) in [5, 5.41) is 15.9. The standard InChI is InChI=1S/C38H46Cl2N4O.C2HF3O2/c1-28(42-19-17-30-5-3-7-36(39)23-30)21-32-9-13-34(14-10-32)25-44(27-38(41)45)26-35-15-11-33(12-16-35)22-29(2)43-20-18-31-6-4-8-37(40)24-31;3-2(4,5)1(6)7/h3-16,23-24,28-29,42-43H,17-22,25-27H2,1-2H3,(H2,41,45);(H,6,7). The van der Waals surface area contributed by atoms with Crippen molar-refractivity contribution < 1.29 is 27.9 Å². The molecule has 0 saturated heterocycles. The summed E-state index contributed by atoms with van der Waals surface area (Å²) in [5.41, 5.74) is 13.0. The lowest BCUT2D eigenvalue weighted by Gasteiger charge is -2.22. The Morgan fingerprint density at radius 2 is 1.06 bits per heavy atom. The van der Waals surface area contributed by atoms with Gasteiger partial charge in [0.1, 0.15) is 0 Å². The second-order valence-corrected chi connectivity index (χ2v) is 13.8. The van der Waals surface area contributed by atoms with Gasteiger partial charge in [0.25, 0.3) is 0 Å². The van der Waals surface area contributed by atoms with E-state index in [1.165, 1.54) is 22.3 Å². The number of carboxylic acids is 1. The summed E-state index contributed by atoms with van der Waals surface area (Å²) >= 11 is 12.2. The predicted octanol–water partition coefficient (Wildman–Crippen LogP) is 7.64. The van der Waals surface area contributed by atoms with Gasteiger partial charge >= 0.3 is 12.1 Å². The van der Waals surface area contributed by atoms with Gasteiger partial charge in [0.05, 0.1) is 6.54 Å². The molecule has 4 aromatic rings. The third-order valence-electron chi connectivity index (χ3n) is 8.16. The third kappa shape index (κ3) is 17.1. The van der Waals surface area contributed by atoms with E-state index in [1.54, 1.807) is 0 Å². The minimum absolute atomic E-state index is 0.213. The number of rotatable bonds is 18. The van der Waals surface area contributed by atoms with Gasteiger partial charge in [-0.3, -0.25) is 9.69 Å². The highest BCUT2D eigenvalue weighted by Crippen LogP contribution is 2.16. The average Bonchev–Trinajstić information content (AvgIpc) is 3.06. The maximum absolute atomic E-state index is 11.9. The van der Waals surface area contributed by atoms with E-state index in [0.717, 1.165) is 59.9 Å². The Balaban J connectivity index is 0.000000944. The predicted molar refractivity (Wildman–Crippen MR) is 203 cm³/mol. The molecular formula is C40H47Cl2F3N4O3. The SMILES string of the molecule is CC(Cc1ccc(CN(CC(N)=O)Cc2ccc(CC(C)NCCc3cccc(Cl)c3)cc2)cc1)NCCc1cccc(Cl)c1.O=C(O)C(F)(F)F. The van der Waals surface area contributed by atoms with Gasteiger partial charge in [-0.05, 0) is 110 Å². The lowest BCUT2D eigenvalue weighted by atomic mass is 10.0. The van der Waals surface area contributed by atoms with Crippen LogP contribution in [0.3, 0.4) is 0 Å². The van der Waals surface area contributed by atoms with E-state index in [9.17, 15) is 18.0 Å². The zero-order chi connectivity index (χ0) is 38.1. The number of primary amides is 1. The molecule has 280 valence electrons. The molecule has 12 heteroatoms. The van der Waals surface area contributed by atoms with E-state index in [4.69, 9.17) is 38.8 Å². The lowest BCUT2D eigenvalue weighted by molar-refractivity contribution is -0.192. The van der Waals surface area contributed by atoms with Crippen LogP contribution in [0, 0.1) is 0 Å². The highest BCUT2D eigenvalue weighted by atomic mass is 35.5. The second-order valence-electron chi connectivity index (χ2n) is 12.9. The molecule has 0 aliphatic carbocycles. The first-order chi connectivity index (χ1) is 24.7. The molecule has 0 saturated carbocycles. The van der Waals surface area contributed by atoms with Crippen LogP contribution >= 0.6 is 23.2 Å². The van der Waals surface area contributed by atoms with Crippen molar-refractivity contribution in [3.63, 3.8) is 0 Å². The Morgan fingerprint density at radius 1 is 0.692 bits per heavy atom. The van der Waals surface area contributed by atoms with Crippen molar-refractivity contribution in [1.82, 2.24) is 15.5 Å². The van der Waals surface area contributed by atoms with E-state index in [-0.39, 0.29) is 12.5 Å². The minimum Gasteiger partial charge on any atom is -0.475 e. The lowest BCUT2D eigenvalue weighted by Crippen LogP contribution is -2.33. The Morgan fingerprint density at radius 3 is 1.38 bits per heavy atom. The molecule has 2 atom stereocenters. The van der Waals surface area contributed by atoms with Crippen LogP contribution in [0.5, 0.6) is 0 Å². The third-order valence-corrected chi connectivity index (χ3v) is 8.63. The first-order valence-electron chi connectivity index (χ1n) is 17.1. The number of hydrogen-bond donors (Lipinski definition) is 4. The fourth-order valence-corrected chi connectivity index (χ4v) is 6.05. The Bertz CT molecular complexity index is 1580. The summed E-state index contributed by atoms with van der Waals surface area (Å²) in [7, 11) is 0. The van der Waals surface area contributed by atoms with Crippen molar-refractivity contribution in [2.45, 2.75) is 70.9 Å². The topological polar surface area (TPSA) is 108 Å². The molecule has 7 nitrogen and oxygen atoms in total. The summed E-state index contributed by atoms with van der Waals surface area (Å²) < 4.78 is 31.7. The fraction of sp³-hybridized carbons (Fsp3) is 0.350. The molecule has 2 unspecified atom stereocenters. The molecule has 5 N–H and O–H groups in total. The van der Waals surface area contributed by atoms with Crippen LogP contribution in [-0.4, -0.2) is 59.8 Å². The van der Waals surface area contributed by atoms with Gasteiger partial charge in [0.15, 0.2) is 0 Å². The summed E-state index contributed by atoms with van der Waals surface area (Å²) in [5.74, 6) is -3.08. The largest absolute Gasteiger partial charge is 0.490 e. The first-order valence-corrected chi connectivity index (χ1v) is 17.8. The number of carbonyl (C=O) groups is 2. The van der Waals surface area contributed by atoms with Crippen molar-refractivity contribution in [3.05, 3.63) is 140 Å². The second kappa shape index (κ2) is 21.6. The molecular weight excluding hydrogens is 712 g/mol. The minimum atomic E-state index is -5.08. The smallest absolute Gasteiger partial charge is 0.475 e. The number of carbonyl (C=O) groups excluding carboxylic acids is 1. The Kier molecular flexibility index (Phi) is 17.6. The van der Waals surface area contributed by atoms with Crippen LogP contribution in [0.1, 0.15) is 47.2 Å². The van der Waals surface area contributed by atoms with E-state index in [2.05, 4.69) is 90.0 Å². The van der Waals surface area contributed by atoms with Crippen molar-refractivity contribution in [3.8, 4) is 0 Å². The maximum Gasteiger partial charge on any atom is 0.490 e. The highest BCUT2D eigenvalue weighted by Gasteiger charge is 2.38. The van der Waals surface area contributed by atoms with Gasteiger partial charge in [-0.25, -0.2) is 4.79 Å². The molecule has 52 heavy (non-hydrogen) atoms. The molecule has 0 aliphatic rings. The number of nitrogens with zero attached hydrogens (tertiary/aromatic N) is 1. The molecule has 0 bridgehead atoms. The van der Waals surface area contributed by atoms with Crippen molar-refractivity contribution >= 4 is 35.1 Å². The molecule has 1 amide bonds. The van der Waals surface area contributed by atoms with Gasteiger partial charge in [-0.15, -0.1) is 0 Å². The van der Waals surface area contributed by atoms with Crippen LogP contribution in [-0.2, 0) is 48.4 Å². The number of halogens is 5. The van der Waals surface area contributed by atoms with E-state index in [0.29, 0.717) is 25.2 Å². The van der Waals surface area contributed by atoms with Crippen molar-refractivity contribution in [2.24, 2.45) is 5.73 Å². The number of alkyl halides is 3. The number of carboxylic acid groups (broad SMARTS) is 1. The van der Waals surface area contributed by atoms with Crippen LogP contribution in [0.2, 0.25) is 10.0 Å². The van der Waals surface area contributed by atoms with Gasteiger partial charge in [-0.2, -0.15) is 13.2 Å². The molecule has 0 radical (unpaired) electrons. The number of nitrogens with one attached hydrogen (secondary N) is 2. The van der Waals surface area contributed by atoms with Crippen molar-refractivity contribution in [2.75, 3.05) is 19.6 Å². The molecule has 0 aliphatic heterocycles. The quantitative estimate of drug-likeness (QED) is 0.0832. The summed E-state index contributed by atoms with van der Waals surface area (Å²) in [6.07, 6.45) is -1.29. The fourth-order valence-electron chi connectivity index (χ4n) is 5.63. The van der Waals surface area contributed by atoms with Crippen LogP contribution in [0.25, 0.3) is 0 Å². The average molecular weight is 760 g/mol. The Hall–Kier alpha value is -3.93. The van der Waals surface area contributed by atoms with Crippen LogP contribution < -0.4 is 16.4 Å². The van der Waals surface area contributed by atoms with Crippen LogP contribution in [0.15, 0.2) is 97.1 Å². The molecule has 0 fully saturated rings. The van der Waals surface area contributed by atoms with Gasteiger partial charge in [-0.1, -0.05) is 96.0 Å². The van der Waals surface area contributed by atoms with Gasteiger partial charge in [0, 0.05) is 35.2 Å². The number of nitrogens with two attached hydrogens (primary N) is 1. The zero-order valence-electron chi connectivity index (χ0n) is 29.4. The van der Waals surface area contributed by atoms with Crippen molar-refractivity contribution in [1.29, 1.82) is 0 Å². The molecule has 4 rings (SSSR count). The molecule has 0 aromatic heterocycles. The molecule has 0 heterocycles. The number of benzene rings is 4. The number of aliphatic carboxylic acids is 1. The highest BCUT2D eigenvalue weighted by molar-refractivity contribution is 6.30.